The molecule has 2 aliphatic heterocycles. The van der Waals surface area contributed by atoms with E-state index < -0.39 is 0 Å². The first-order valence-electron chi connectivity index (χ1n) is 10.1. The van der Waals surface area contributed by atoms with Gasteiger partial charge in [-0.1, -0.05) is 17.7 Å². The van der Waals surface area contributed by atoms with Crippen LogP contribution in [0.15, 0.2) is 49.1 Å². The molecule has 0 unspecified atom stereocenters. The Bertz CT molecular complexity index is 1120. The molecule has 0 radical (unpaired) electrons. The zero-order chi connectivity index (χ0) is 21.2. The van der Waals surface area contributed by atoms with Crippen molar-refractivity contribution in [2.24, 2.45) is 0 Å². The van der Waals surface area contributed by atoms with Crippen molar-refractivity contribution in [3.8, 4) is 28.4 Å². The summed E-state index contributed by atoms with van der Waals surface area (Å²) in [6.45, 7) is 0.669. The molecule has 1 amide bonds. The number of fused-ring (bicyclic) bond motifs is 2. The van der Waals surface area contributed by atoms with Crippen LogP contribution in [-0.4, -0.2) is 35.3 Å². The number of halogens is 1. The summed E-state index contributed by atoms with van der Waals surface area (Å²) in [5.41, 5.74) is 3.90. The number of hydrogen-bond acceptors (Lipinski definition) is 6. The third-order valence-corrected chi connectivity index (χ3v) is 5.63. The minimum atomic E-state index is -0.149. The number of aromatic nitrogens is 2. The average molecular weight is 438 g/mol. The molecule has 3 aromatic rings. The van der Waals surface area contributed by atoms with E-state index in [-0.39, 0.29) is 18.8 Å². The molecule has 0 saturated heterocycles. The number of benzene rings is 2. The van der Waals surface area contributed by atoms with Crippen LogP contribution in [0.1, 0.15) is 17.5 Å². The van der Waals surface area contributed by atoms with Crippen molar-refractivity contribution in [3.05, 3.63) is 65.2 Å². The van der Waals surface area contributed by atoms with Gasteiger partial charge in [0.2, 0.25) is 12.7 Å². The van der Waals surface area contributed by atoms with Crippen molar-refractivity contribution in [2.75, 3.05) is 13.3 Å². The Morgan fingerprint density at radius 3 is 2.81 bits per heavy atom. The molecule has 0 saturated carbocycles. The maximum absolute atomic E-state index is 12.3. The van der Waals surface area contributed by atoms with Gasteiger partial charge < -0.3 is 19.5 Å². The number of carbonyl (C=O) groups is 1. The predicted octanol–water partition coefficient (Wildman–Crippen LogP) is 3.58. The third kappa shape index (κ3) is 4.27. The lowest BCUT2D eigenvalue weighted by atomic mass is 10.0. The van der Waals surface area contributed by atoms with Gasteiger partial charge in [0, 0.05) is 36.4 Å². The van der Waals surface area contributed by atoms with E-state index >= 15 is 0 Å². The van der Waals surface area contributed by atoms with Crippen LogP contribution in [0.3, 0.4) is 0 Å². The molecule has 1 atom stereocenters. The van der Waals surface area contributed by atoms with Crippen LogP contribution in [0, 0.1) is 0 Å². The van der Waals surface area contributed by atoms with E-state index in [9.17, 15) is 4.79 Å². The maximum Gasteiger partial charge on any atom is 0.231 e. The molecule has 7 nitrogen and oxygen atoms in total. The van der Waals surface area contributed by atoms with Crippen molar-refractivity contribution >= 4 is 17.5 Å². The number of amides is 1. The van der Waals surface area contributed by atoms with Gasteiger partial charge in [-0.2, -0.15) is 0 Å². The fourth-order valence-corrected chi connectivity index (χ4v) is 4.07. The van der Waals surface area contributed by atoms with Gasteiger partial charge >= 0.3 is 0 Å². The van der Waals surface area contributed by atoms with Crippen molar-refractivity contribution in [2.45, 2.75) is 25.4 Å². The van der Waals surface area contributed by atoms with Gasteiger partial charge in [-0.05, 0) is 41.8 Å². The number of aryl methyl sites for hydroxylation is 1. The fourth-order valence-electron chi connectivity index (χ4n) is 3.79. The van der Waals surface area contributed by atoms with Crippen molar-refractivity contribution in [1.82, 2.24) is 15.3 Å². The lowest BCUT2D eigenvalue weighted by Gasteiger charge is -2.12. The highest BCUT2D eigenvalue weighted by Gasteiger charge is 2.26. The minimum Gasteiger partial charge on any atom is -0.486 e. The molecule has 0 spiro atoms. The lowest BCUT2D eigenvalue weighted by Crippen LogP contribution is -2.34. The van der Waals surface area contributed by atoms with E-state index in [1.54, 1.807) is 12.4 Å². The smallest absolute Gasteiger partial charge is 0.231 e. The Labute approximate surface area is 184 Å². The van der Waals surface area contributed by atoms with Gasteiger partial charge in [0.1, 0.15) is 18.2 Å². The zero-order valence-electron chi connectivity index (χ0n) is 16.6. The van der Waals surface area contributed by atoms with Gasteiger partial charge in [-0.25, -0.2) is 9.97 Å². The van der Waals surface area contributed by atoms with Crippen LogP contribution in [0.5, 0.6) is 17.2 Å². The number of ether oxygens (including phenoxy) is 3. The van der Waals surface area contributed by atoms with Crippen LogP contribution >= 0.6 is 11.6 Å². The molecule has 2 aliphatic rings. The Kier molecular flexibility index (Phi) is 5.34. The van der Waals surface area contributed by atoms with E-state index in [4.69, 9.17) is 25.8 Å². The molecule has 1 N–H and O–H groups in total. The largest absolute Gasteiger partial charge is 0.486 e. The van der Waals surface area contributed by atoms with Gasteiger partial charge in [0.15, 0.2) is 11.5 Å². The number of rotatable bonds is 6. The first-order valence-corrected chi connectivity index (χ1v) is 10.4. The van der Waals surface area contributed by atoms with Crippen LogP contribution in [0.4, 0.5) is 0 Å². The summed E-state index contributed by atoms with van der Waals surface area (Å²) in [4.78, 5) is 20.4. The highest BCUT2D eigenvalue weighted by molar-refractivity contribution is 6.32. The number of nitrogens with one attached hydrogen (secondary N) is 1. The minimum absolute atomic E-state index is 0.0227. The molecule has 31 heavy (non-hydrogen) atoms. The maximum atomic E-state index is 12.3. The van der Waals surface area contributed by atoms with E-state index in [0.29, 0.717) is 36.6 Å². The standard InChI is InChI=1S/C23H20ClN3O4/c24-19-8-15(17-9-25-12-26-10-17)6-16-7-18(31-23(16)19)11-27-22(28)4-2-14-1-3-20-21(5-14)30-13-29-20/h1,3,5-6,8-10,12,18H,2,4,7,11,13H2,(H,27,28)/t18-/m1/s1. The number of nitrogens with zero attached hydrogens (tertiary/aromatic N) is 2. The molecular formula is C23H20ClN3O4. The summed E-state index contributed by atoms with van der Waals surface area (Å²) in [6.07, 6.45) is 6.54. The fraction of sp³-hybridized carbons (Fsp3) is 0.261. The van der Waals surface area contributed by atoms with Crippen LogP contribution < -0.4 is 19.5 Å². The Morgan fingerprint density at radius 1 is 1.10 bits per heavy atom. The third-order valence-electron chi connectivity index (χ3n) is 5.35. The topological polar surface area (TPSA) is 82.6 Å². The summed E-state index contributed by atoms with van der Waals surface area (Å²) >= 11 is 6.44. The van der Waals surface area contributed by atoms with Gasteiger partial charge in [0.25, 0.3) is 0 Å². The van der Waals surface area contributed by atoms with E-state index in [1.165, 1.54) is 6.33 Å². The highest BCUT2D eigenvalue weighted by atomic mass is 35.5. The molecule has 158 valence electrons. The van der Waals surface area contributed by atoms with Gasteiger partial charge in [-0.15, -0.1) is 0 Å². The quantitative estimate of drug-likeness (QED) is 0.634. The molecule has 5 rings (SSSR count). The van der Waals surface area contributed by atoms with E-state index in [1.807, 2.05) is 30.3 Å². The van der Waals surface area contributed by atoms with Crippen molar-refractivity contribution < 1.29 is 19.0 Å². The number of hydrogen-bond donors (Lipinski definition) is 1. The van der Waals surface area contributed by atoms with Crippen LogP contribution in [0.25, 0.3) is 11.1 Å². The first kappa shape index (κ1) is 19.6. The summed E-state index contributed by atoms with van der Waals surface area (Å²) in [6, 6.07) is 9.64. The monoisotopic (exact) mass is 437 g/mol. The molecule has 8 heteroatoms. The van der Waals surface area contributed by atoms with Crippen LogP contribution in [0.2, 0.25) is 5.02 Å². The number of carbonyl (C=O) groups excluding carboxylic acids is 1. The normalized spacial score (nSPS) is 16.0. The SMILES string of the molecule is O=C(CCc1ccc2c(c1)OCO2)NC[C@H]1Cc2cc(-c3cncnc3)cc(Cl)c2O1. The average Bonchev–Trinajstić information content (AvgIpc) is 3.43. The van der Waals surface area contributed by atoms with E-state index in [0.717, 1.165) is 33.8 Å². The van der Waals surface area contributed by atoms with Crippen molar-refractivity contribution in [1.29, 1.82) is 0 Å². The summed E-state index contributed by atoms with van der Waals surface area (Å²) < 4.78 is 16.7. The van der Waals surface area contributed by atoms with Gasteiger partial charge in [0.05, 0.1) is 11.6 Å². The lowest BCUT2D eigenvalue weighted by molar-refractivity contribution is -0.121. The first-order chi connectivity index (χ1) is 15.2. The zero-order valence-corrected chi connectivity index (χ0v) is 17.4. The Balaban J connectivity index is 1.15. The Morgan fingerprint density at radius 2 is 1.94 bits per heavy atom. The van der Waals surface area contributed by atoms with Gasteiger partial charge in [-0.3, -0.25) is 4.79 Å². The summed E-state index contributed by atoms with van der Waals surface area (Å²) in [5.74, 6) is 2.13. The summed E-state index contributed by atoms with van der Waals surface area (Å²) in [7, 11) is 0. The second kappa shape index (κ2) is 8.43. The Hall–Kier alpha value is -3.32. The second-order valence-corrected chi connectivity index (χ2v) is 7.92. The molecule has 0 aliphatic carbocycles. The molecule has 2 aromatic carbocycles. The highest BCUT2D eigenvalue weighted by Crippen LogP contribution is 2.39. The van der Waals surface area contributed by atoms with Crippen molar-refractivity contribution in [3.63, 3.8) is 0 Å². The van der Waals surface area contributed by atoms with E-state index in [2.05, 4.69) is 15.3 Å². The van der Waals surface area contributed by atoms with Crippen LogP contribution in [-0.2, 0) is 17.6 Å². The summed E-state index contributed by atoms with van der Waals surface area (Å²) in [5, 5.41) is 3.51. The molecular weight excluding hydrogens is 418 g/mol. The second-order valence-electron chi connectivity index (χ2n) is 7.51. The molecule has 3 heterocycles. The molecule has 0 bridgehead atoms. The molecule has 1 aromatic heterocycles. The predicted molar refractivity (Wildman–Crippen MR) is 114 cm³/mol. The molecule has 0 fully saturated rings.